The van der Waals surface area contributed by atoms with E-state index in [-0.39, 0.29) is 29.6 Å². The topological polar surface area (TPSA) is 47.6 Å². The molecule has 64 valence electrons. The van der Waals surface area contributed by atoms with Crippen molar-refractivity contribution in [1.82, 2.24) is 5.48 Å². The van der Waals surface area contributed by atoms with Crippen LogP contribution in [0, 0.1) is 0 Å². The van der Waals surface area contributed by atoms with Gasteiger partial charge >= 0.3 is 37.8 Å². The molecule has 0 bridgehead atoms. The molecule has 11 heavy (non-hydrogen) atoms. The molecule has 0 spiro atoms. The summed E-state index contributed by atoms with van der Waals surface area (Å²) in [5, 5.41) is 0. The van der Waals surface area contributed by atoms with Crippen LogP contribution in [0.3, 0.4) is 0 Å². The van der Waals surface area contributed by atoms with Gasteiger partial charge in [-0.25, -0.2) is 4.62 Å². The molecule has 0 fully saturated rings. The van der Waals surface area contributed by atoms with Gasteiger partial charge in [0, 0.05) is 6.54 Å². The average molecular weight is 191 g/mol. The molecular formula is C5H15NNaO3P. The van der Waals surface area contributed by atoms with Crippen LogP contribution in [0.2, 0.25) is 0 Å². The van der Waals surface area contributed by atoms with Gasteiger partial charge in [0.25, 0.3) is 0 Å². The Hall–Kier alpha value is 1.11. The molecule has 0 radical (unpaired) electrons. The molecule has 1 N–H and O–H groups in total. The van der Waals surface area contributed by atoms with Gasteiger partial charge in [-0.1, -0.05) is 6.92 Å². The Balaban J connectivity index is 0. The number of rotatable bonds is 6. The molecule has 0 aromatic rings. The van der Waals surface area contributed by atoms with Crippen LogP contribution < -0.4 is 5.48 Å². The summed E-state index contributed by atoms with van der Waals surface area (Å²) < 4.78 is 19.8. The molecule has 0 heterocycles. The fraction of sp³-hybridized carbons (Fsp3) is 1.00. The SMILES string of the molecule is CCCNO[PH](=O)OCC.[NaH]. The van der Waals surface area contributed by atoms with Gasteiger partial charge in [0.2, 0.25) is 0 Å². The van der Waals surface area contributed by atoms with Gasteiger partial charge in [0.1, 0.15) is 0 Å². The first-order chi connectivity index (χ1) is 4.81. The Labute approximate surface area is 90.2 Å². The van der Waals surface area contributed by atoms with E-state index in [0.717, 1.165) is 6.42 Å². The molecule has 0 saturated carbocycles. The zero-order chi connectivity index (χ0) is 7.82. The third-order valence-electron chi connectivity index (χ3n) is 0.770. The van der Waals surface area contributed by atoms with E-state index in [1.165, 1.54) is 0 Å². The van der Waals surface area contributed by atoms with Gasteiger partial charge in [0.05, 0.1) is 6.61 Å². The van der Waals surface area contributed by atoms with E-state index in [9.17, 15) is 4.57 Å². The fourth-order valence-corrected chi connectivity index (χ4v) is 0.874. The van der Waals surface area contributed by atoms with E-state index < -0.39 is 8.25 Å². The third kappa shape index (κ3) is 11.1. The number of hydroxylamine groups is 1. The third-order valence-corrected chi connectivity index (χ3v) is 1.61. The molecule has 0 amide bonds. The van der Waals surface area contributed by atoms with E-state index in [0.29, 0.717) is 13.2 Å². The van der Waals surface area contributed by atoms with Crippen molar-refractivity contribution in [3.05, 3.63) is 0 Å². The Morgan fingerprint density at radius 3 is 2.55 bits per heavy atom. The first-order valence-electron chi connectivity index (χ1n) is 3.37. The van der Waals surface area contributed by atoms with E-state index in [1.54, 1.807) is 6.92 Å². The second kappa shape index (κ2) is 11.1. The van der Waals surface area contributed by atoms with Crippen molar-refractivity contribution in [2.75, 3.05) is 13.2 Å². The standard InChI is InChI=1S/C5H14NO3P.Na.H/c1-3-5-6-9-10(7)8-4-2;;/h6,10H,3-5H2,1-2H3;;. The zero-order valence-electron chi connectivity index (χ0n) is 6.35. The summed E-state index contributed by atoms with van der Waals surface area (Å²) in [7, 11) is -2.27. The van der Waals surface area contributed by atoms with Crippen LogP contribution in [0.5, 0.6) is 0 Å². The van der Waals surface area contributed by atoms with Gasteiger partial charge in [-0.3, -0.25) is 4.57 Å². The van der Waals surface area contributed by atoms with Crippen LogP contribution in [0.25, 0.3) is 0 Å². The zero-order valence-corrected chi connectivity index (χ0v) is 7.35. The Kier molecular flexibility index (Phi) is 14.8. The van der Waals surface area contributed by atoms with Crippen molar-refractivity contribution in [2.24, 2.45) is 0 Å². The van der Waals surface area contributed by atoms with Crippen molar-refractivity contribution in [3.63, 3.8) is 0 Å². The van der Waals surface area contributed by atoms with Crippen LogP contribution >= 0.6 is 8.25 Å². The maximum atomic E-state index is 10.6. The van der Waals surface area contributed by atoms with Gasteiger partial charge in [-0.2, -0.15) is 5.48 Å². The summed E-state index contributed by atoms with van der Waals surface area (Å²) >= 11 is 0. The van der Waals surface area contributed by atoms with Gasteiger partial charge in [0.15, 0.2) is 0 Å². The molecule has 6 heteroatoms. The summed E-state index contributed by atoms with van der Waals surface area (Å²) in [5.41, 5.74) is 2.53. The second-order valence-electron chi connectivity index (χ2n) is 1.68. The molecule has 0 aromatic heterocycles. The van der Waals surface area contributed by atoms with Crippen molar-refractivity contribution >= 4 is 37.8 Å². The molecule has 0 rings (SSSR count). The number of hydrogen-bond donors (Lipinski definition) is 1. The van der Waals surface area contributed by atoms with E-state index in [1.807, 2.05) is 6.92 Å². The Bertz CT molecular complexity index is 104. The van der Waals surface area contributed by atoms with Gasteiger partial charge in [-0.05, 0) is 13.3 Å². The minimum absolute atomic E-state index is 0. The molecular weight excluding hydrogens is 176 g/mol. The predicted octanol–water partition coefficient (Wildman–Crippen LogP) is 0.695. The van der Waals surface area contributed by atoms with E-state index in [4.69, 9.17) is 0 Å². The minimum atomic E-state index is -2.27. The normalized spacial score (nSPS) is 12.2. The van der Waals surface area contributed by atoms with Crippen molar-refractivity contribution in [3.8, 4) is 0 Å². The molecule has 0 aliphatic rings. The van der Waals surface area contributed by atoms with E-state index >= 15 is 0 Å². The molecule has 0 aliphatic carbocycles. The Morgan fingerprint density at radius 1 is 1.45 bits per heavy atom. The van der Waals surface area contributed by atoms with E-state index in [2.05, 4.69) is 14.6 Å². The average Bonchev–Trinajstić information content (AvgIpc) is 1.89. The first kappa shape index (κ1) is 14.6. The maximum absolute atomic E-state index is 10.6. The predicted molar refractivity (Wildman–Crippen MR) is 47.2 cm³/mol. The molecule has 0 aliphatic heterocycles. The van der Waals surface area contributed by atoms with Crippen LogP contribution in [-0.4, -0.2) is 42.7 Å². The summed E-state index contributed by atoms with van der Waals surface area (Å²) in [4.78, 5) is 0. The number of nitrogens with one attached hydrogen (secondary N) is 1. The second-order valence-corrected chi connectivity index (χ2v) is 2.67. The molecule has 1 unspecified atom stereocenters. The molecule has 4 nitrogen and oxygen atoms in total. The van der Waals surface area contributed by atoms with Gasteiger partial charge in [-0.15, -0.1) is 0 Å². The van der Waals surface area contributed by atoms with Crippen LogP contribution in [0.4, 0.5) is 0 Å². The van der Waals surface area contributed by atoms with Crippen LogP contribution in [0.15, 0.2) is 0 Å². The fourth-order valence-electron chi connectivity index (χ4n) is 0.359. The summed E-state index contributed by atoms with van der Waals surface area (Å²) in [6.07, 6.45) is 0.946. The molecule has 1 atom stereocenters. The Morgan fingerprint density at radius 2 is 2.09 bits per heavy atom. The quantitative estimate of drug-likeness (QED) is 0.290. The summed E-state index contributed by atoms with van der Waals surface area (Å²) in [5.74, 6) is 0. The van der Waals surface area contributed by atoms with Crippen molar-refractivity contribution in [1.29, 1.82) is 0 Å². The van der Waals surface area contributed by atoms with Crippen molar-refractivity contribution in [2.45, 2.75) is 20.3 Å². The van der Waals surface area contributed by atoms with Gasteiger partial charge < -0.3 is 4.52 Å². The summed E-state index contributed by atoms with van der Waals surface area (Å²) in [6, 6.07) is 0. The van der Waals surface area contributed by atoms with Crippen LogP contribution in [-0.2, 0) is 13.7 Å². The monoisotopic (exact) mass is 191 g/mol. The van der Waals surface area contributed by atoms with Crippen molar-refractivity contribution < 1.29 is 13.7 Å². The first-order valence-corrected chi connectivity index (χ1v) is 4.60. The number of hydrogen-bond acceptors (Lipinski definition) is 4. The molecule has 0 aromatic carbocycles. The molecule has 0 saturated heterocycles. The summed E-state index contributed by atoms with van der Waals surface area (Å²) in [6.45, 7) is 4.88. The van der Waals surface area contributed by atoms with Crippen LogP contribution in [0.1, 0.15) is 20.3 Å².